The summed E-state index contributed by atoms with van der Waals surface area (Å²) in [6.07, 6.45) is 21.5. The number of benzene rings is 1. The van der Waals surface area contributed by atoms with Gasteiger partial charge in [-0.1, -0.05) is 119 Å². The number of nitrogens with one attached hydrogen (secondary N) is 1. The van der Waals surface area contributed by atoms with E-state index in [2.05, 4.69) is 99.6 Å². The molecule has 1 aliphatic carbocycles. The van der Waals surface area contributed by atoms with Crippen LogP contribution >= 0.6 is 0 Å². The lowest BCUT2D eigenvalue weighted by molar-refractivity contribution is -0.492. The smallest absolute Gasteiger partial charge is 0.176 e. The largest absolute Gasteiger partial charge is 0.500 e. The zero-order valence-corrected chi connectivity index (χ0v) is 38.5. The summed E-state index contributed by atoms with van der Waals surface area (Å²) in [6, 6.07) is 10.1. The number of hydrogen-bond acceptors (Lipinski definition) is 6. The Morgan fingerprint density at radius 1 is 1.00 bits per heavy atom. The quantitative estimate of drug-likeness (QED) is 0.191. The Kier molecular flexibility index (Phi) is 25.3. The van der Waals surface area contributed by atoms with Crippen molar-refractivity contribution in [2.45, 2.75) is 160 Å². The molecule has 1 unspecified atom stereocenters. The molecule has 1 aromatic carbocycles. The van der Waals surface area contributed by atoms with Gasteiger partial charge >= 0.3 is 0 Å². The number of ketones is 1. The maximum Gasteiger partial charge on any atom is 0.176 e. The normalized spacial score (nSPS) is 17.2. The van der Waals surface area contributed by atoms with E-state index in [1.165, 1.54) is 93.4 Å². The van der Waals surface area contributed by atoms with Gasteiger partial charge in [0.1, 0.15) is 30.7 Å². The molecule has 0 bridgehead atoms. The van der Waals surface area contributed by atoms with E-state index in [-0.39, 0.29) is 5.78 Å². The van der Waals surface area contributed by atoms with Crippen molar-refractivity contribution in [1.29, 1.82) is 0 Å². The van der Waals surface area contributed by atoms with Gasteiger partial charge in [0, 0.05) is 23.7 Å². The molecule has 316 valence electrons. The number of methoxy groups -OCH3 is 1. The molecule has 1 aromatic heterocycles. The van der Waals surface area contributed by atoms with Gasteiger partial charge in [0.15, 0.2) is 12.0 Å². The highest BCUT2D eigenvalue weighted by Gasteiger charge is 2.37. The van der Waals surface area contributed by atoms with Crippen LogP contribution in [0.5, 0.6) is 0 Å². The van der Waals surface area contributed by atoms with Crippen molar-refractivity contribution in [3.63, 3.8) is 0 Å². The molecule has 1 atom stereocenters. The van der Waals surface area contributed by atoms with Crippen LogP contribution in [0.15, 0.2) is 48.0 Å². The number of rotatable bonds is 10. The van der Waals surface area contributed by atoms with E-state index >= 15 is 0 Å². The van der Waals surface area contributed by atoms with Crippen molar-refractivity contribution in [1.82, 2.24) is 4.98 Å². The Bertz CT molecular complexity index is 1500. The van der Waals surface area contributed by atoms with Crippen LogP contribution in [0.2, 0.25) is 0 Å². The molecule has 2 aromatic rings. The number of anilines is 2. The molecule has 7 heteroatoms. The van der Waals surface area contributed by atoms with Crippen LogP contribution in [0.25, 0.3) is 5.57 Å². The van der Waals surface area contributed by atoms with E-state index in [4.69, 9.17) is 9.47 Å². The highest BCUT2D eigenvalue weighted by molar-refractivity contribution is 6.08. The first-order valence-corrected chi connectivity index (χ1v) is 22.1. The number of carbonyl (C=O) groups is 1. The number of carbonyl (C=O) groups excluding carboxylic acids is 1. The fourth-order valence-electron chi connectivity index (χ4n) is 6.67. The van der Waals surface area contributed by atoms with Gasteiger partial charge in [0.2, 0.25) is 0 Å². The number of Topliss-reactive ketones (excluding diaryl/α,β-unsaturated/α-hetero) is 1. The molecule has 4 heterocycles. The SMILES string of the molecule is C1CCCC1.CC.CCC(C)CC1(CC)COC1.CCC/C=C1/Nc2ccc(C)cc2N1C.CCCC.COC1=C(c2cc(C(C)=O)cc(C)n2)C=[N+](C)CC1. The summed E-state index contributed by atoms with van der Waals surface area (Å²) >= 11 is 0. The lowest BCUT2D eigenvalue weighted by atomic mass is 9.75. The number of ether oxygens (including phenoxy) is 2. The molecule has 0 spiro atoms. The van der Waals surface area contributed by atoms with Crippen LogP contribution in [0.1, 0.15) is 173 Å². The van der Waals surface area contributed by atoms with Crippen LogP contribution in [-0.2, 0) is 9.47 Å². The van der Waals surface area contributed by atoms with Crippen molar-refractivity contribution in [3.05, 3.63) is 70.5 Å². The van der Waals surface area contributed by atoms with E-state index in [1.54, 1.807) is 14.0 Å². The van der Waals surface area contributed by atoms with Gasteiger partial charge in [-0.05, 0) is 81.9 Å². The summed E-state index contributed by atoms with van der Waals surface area (Å²) in [7, 11) is 5.81. The molecule has 1 N–H and O–H groups in total. The third-order valence-corrected chi connectivity index (χ3v) is 10.8. The molecular weight excluding hydrogens is 693 g/mol. The average Bonchev–Trinajstić information content (AvgIpc) is 3.89. The maximum absolute atomic E-state index is 11.6. The summed E-state index contributed by atoms with van der Waals surface area (Å²) in [4.78, 5) is 18.3. The Hall–Kier alpha value is -3.45. The van der Waals surface area contributed by atoms with Crippen LogP contribution in [0.3, 0.4) is 0 Å². The van der Waals surface area contributed by atoms with Crippen molar-refractivity contribution >= 4 is 28.9 Å². The maximum atomic E-state index is 11.6. The minimum atomic E-state index is 0.0514. The standard InChI is InChI=1S/C15H19N2O2.C13H18N2.C10H20O.C5H10.C4H10.C2H6/c1-10-7-12(11(2)18)8-14(16-10)13-9-17(3)6-5-15(13)19-4;1-4-5-6-13-14-11-8-7-10(2)9-12(11)15(13)3;1-4-9(3)6-10(5-2)7-11-8-10;1-2-4-5-3-1;1-3-4-2;1-2/h7-9H,5-6H2,1-4H3;6-9,14H,4-5H2,1-3H3;9H,4-8H2,1-3H3;1-5H2;3-4H2,1-2H3;1-2H3/q+1;;;;;/b;13-6-;;;;. The molecular formula is C49H83N4O3+. The fraction of sp³-hybridized carbons (Fsp3) is 0.653. The first-order valence-electron chi connectivity index (χ1n) is 22.1. The minimum Gasteiger partial charge on any atom is -0.500 e. The molecule has 2 fully saturated rings. The highest BCUT2D eigenvalue weighted by atomic mass is 16.5. The number of allylic oxidation sites excluding steroid dienone is 2. The molecule has 0 radical (unpaired) electrons. The van der Waals surface area contributed by atoms with E-state index in [0.29, 0.717) is 11.0 Å². The van der Waals surface area contributed by atoms with Gasteiger partial charge in [-0.15, -0.1) is 0 Å². The minimum absolute atomic E-state index is 0.0514. The number of pyridine rings is 1. The molecule has 3 aliphatic heterocycles. The average molecular weight is 776 g/mol. The summed E-state index contributed by atoms with van der Waals surface area (Å²) in [6.45, 7) is 26.0. The zero-order chi connectivity index (χ0) is 42.1. The molecule has 4 aliphatic rings. The number of hydrogen-bond donors (Lipinski definition) is 1. The highest BCUT2D eigenvalue weighted by Crippen LogP contribution is 2.38. The summed E-state index contributed by atoms with van der Waals surface area (Å²) in [5.74, 6) is 3.05. The molecule has 0 amide bonds. The third-order valence-electron chi connectivity index (χ3n) is 10.8. The van der Waals surface area contributed by atoms with Crippen LogP contribution < -0.4 is 10.2 Å². The van der Waals surface area contributed by atoms with E-state index in [9.17, 15) is 4.79 Å². The van der Waals surface area contributed by atoms with Crippen LogP contribution in [-0.4, -0.2) is 62.5 Å². The Morgan fingerprint density at radius 2 is 1.62 bits per heavy atom. The van der Waals surface area contributed by atoms with Gasteiger partial charge < -0.3 is 19.7 Å². The third kappa shape index (κ3) is 17.4. The Labute approximate surface area is 344 Å². The van der Waals surface area contributed by atoms with Crippen molar-refractivity contribution < 1.29 is 18.8 Å². The molecule has 1 saturated heterocycles. The van der Waals surface area contributed by atoms with Gasteiger partial charge in [0.25, 0.3) is 0 Å². The van der Waals surface area contributed by atoms with Gasteiger partial charge in [-0.25, -0.2) is 4.58 Å². The lowest BCUT2D eigenvalue weighted by Crippen LogP contribution is -2.43. The van der Waals surface area contributed by atoms with Crippen LogP contribution in [0.4, 0.5) is 11.4 Å². The molecule has 7 nitrogen and oxygen atoms in total. The van der Waals surface area contributed by atoms with Crippen molar-refractivity contribution in [2.24, 2.45) is 11.3 Å². The van der Waals surface area contributed by atoms with Gasteiger partial charge in [-0.3, -0.25) is 9.78 Å². The zero-order valence-electron chi connectivity index (χ0n) is 38.5. The first-order chi connectivity index (χ1) is 26.9. The summed E-state index contributed by atoms with van der Waals surface area (Å²) in [5.41, 5.74) is 7.65. The molecule has 6 rings (SSSR count). The number of aryl methyl sites for hydroxylation is 2. The number of aromatic nitrogens is 1. The summed E-state index contributed by atoms with van der Waals surface area (Å²) in [5, 5.41) is 3.43. The summed E-state index contributed by atoms with van der Waals surface area (Å²) < 4.78 is 12.8. The second-order valence-corrected chi connectivity index (χ2v) is 15.8. The Morgan fingerprint density at radius 3 is 2.11 bits per heavy atom. The Balaban J connectivity index is 0.000000378. The predicted octanol–water partition coefficient (Wildman–Crippen LogP) is 13.2. The second kappa shape index (κ2) is 28.0. The first kappa shape index (κ1) is 50.6. The molecule has 1 saturated carbocycles. The van der Waals surface area contributed by atoms with Crippen LogP contribution in [0, 0.1) is 25.2 Å². The molecule has 56 heavy (non-hydrogen) atoms. The predicted molar refractivity (Wildman–Crippen MR) is 243 cm³/mol. The van der Waals surface area contributed by atoms with Crippen molar-refractivity contribution in [2.75, 3.05) is 51.2 Å². The van der Waals surface area contributed by atoms with Gasteiger partial charge in [0.05, 0.1) is 43.8 Å². The van der Waals surface area contributed by atoms with Gasteiger partial charge in [-0.2, -0.15) is 0 Å². The van der Waals surface area contributed by atoms with Crippen molar-refractivity contribution in [3.8, 4) is 0 Å². The topological polar surface area (TPSA) is 66.7 Å². The van der Waals surface area contributed by atoms with E-state index in [1.807, 2.05) is 46.2 Å². The number of fused-ring (bicyclic) bond motifs is 1. The monoisotopic (exact) mass is 776 g/mol. The van der Waals surface area contributed by atoms with E-state index < -0.39 is 0 Å². The second-order valence-electron chi connectivity index (χ2n) is 15.8. The fourth-order valence-corrected chi connectivity index (χ4v) is 6.67. The number of nitrogens with zero attached hydrogens (tertiary/aromatic N) is 3. The number of unbranched alkanes of at least 4 members (excludes halogenated alkanes) is 2. The lowest BCUT2D eigenvalue weighted by Gasteiger charge is -2.42. The van der Waals surface area contributed by atoms with E-state index in [0.717, 1.165) is 61.2 Å².